The van der Waals surface area contributed by atoms with Crippen LogP contribution in [0.2, 0.25) is 0 Å². The van der Waals surface area contributed by atoms with Gasteiger partial charge in [-0.05, 0) is 31.0 Å². The van der Waals surface area contributed by atoms with Crippen LogP contribution in [0, 0.1) is 0 Å². The number of benzene rings is 1. The highest BCUT2D eigenvalue weighted by molar-refractivity contribution is 7.89. The summed E-state index contributed by atoms with van der Waals surface area (Å²) in [5.41, 5.74) is 0.763. The van der Waals surface area contributed by atoms with Gasteiger partial charge in [0.1, 0.15) is 0 Å². The molecule has 0 radical (unpaired) electrons. The molecule has 1 saturated heterocycles. The molecule has 0 unspecified atom stereocenters. The number of carbonyl (C=O) groups is 2. The number of rotatable bonds is 12. The van der Waals surface area contributed by atoms with Crippen LogP contribution in [0.5, 0.6) is 0 Å². The lowest BCUT2D eigenvalue weighted by molar-refractivity contribution is -0.133. The number of hydrogen-bond acceptors (Lipinski definition) is 6. The average molecular weight is 464 g/mol. The molecule has 1 aromatic rings. The molecule has 1 aromatic carbocycles. The largest absolute Gasteiger partial charge is 0.452 e. The van der Waals surface area contributed by atoms with Gasteiger partial charge in [0.05, 0.1) is 16.1 Å². The third-order valence-corrected chi connectivity index (χ3v) is 7.40. The van der Waals surface area contributed by atoms with Gasteiger partial charge in [-0.25, -0.2) is 13.2 Å². The molecule has 8 nitrogen and oxygen atoms in total. The van der Waals surface area contributed by atoms with Crippen LogP contribution < -0.4 is 4.90 Å². The molecule has 0 N–H and O–H groups in total. The van der Waals surface area contributed by atoms with E-state index in [0.29, 0.717) is 31.9 Å². The van der Waals surface area contributed by atoms with E-state index in [0.717, 1.165) is 25.9 Å². The van der Waals surface area contributed by atoms with E-state index in [1.165, 1.54) is 21.3 Å². The highest BCUT2D eigenvalue weighted by Crippen LogP contribution is 2.29. The third-order valence-electron chi connectivity index (χ3n) is 5.36. The maximum atomic E-state index is 13.0. The van der Waals surface area contributed by atoms with Crippen LogP contribution in [0.25, 0.3) is 0 Å². The molecule has 9 heteroatoms. The van der Waals surface area contributed by atoms with Crippen molar-refractivity contribution in [2.24, 2.45) is 0 Å². The molecule has 0 aliphatic carbocycles. The normalized spacial score (nSPS) is 13.8. The van der Waals surface area contributed by atoms with Crippen LogP contribution in [-0.4, -0.2) is 75.4 Å². The molecule has 1 amide bonds. The number of amides is 1. The summed E-state index contributed by atoms with van der Waals surface area (Å²) in [6, 6.07) is 4.54. The van der Waals surface area contributed by atoms with Gasteiger partial charge in [0.2, 0.25) is 10.0 Å². The average Bonchev–Trinajstić information content (AvgIpc) is 3.32. The topological polar surface area (TPSA) is 87.2 Å². The summed E-state index contributed by atoms with van der Waals surface area (Å²) in [6.45, 7) is 13.1. The molecule has 1 aliphatic rings. The molecule has 176 valence electrons. The van der Waals surface area contributed by atoms with E-state index in [4.69, 9.17) is 4.74 Å². The SMILES string of the molecule is C=CCN(CC=C)C(=O)COC(=O)c1cc(S(=O)(=O)N(CC)CC)ccc1N1CCCC1. The van der Waals surface area contributed by atoms with Crippen LogP contribution in [0.1, 0.15) is 37.0 Å². The second-order valence-corrected chi connectivity index (χ2v) is 9.35. The highest BCUT2D eigenvalue weighted by atomic mass is 32.2. The van der Waals surface area contributed by atoms with Gasteiger partial charge in [-0.2, -0.15) is 4.31 Å². The number of ether oxygens (including phenoxy) is 1. The van der Waals surface area contributed by atoms with Crippen LogP contribution in [0.4, 0.5) is 5.69 Å². The summed E-state index contributed by atoms with van der Waals surface area (Å²) in [5, 5.41) is 0. The standard InChI is InChI=1S/C23H33N3O5S/c1-5-13-25(14-6-2)22(27)18-31-23(28)20-17-19(32(29,30)26(7-3)8-4)11-12-21(20)24-15-9-10-16-24/h5-6,11-12,17H,1-2,7-10,13-16,18H2,3-4H3. The number of hydrogen-bond donors (Lipinski definition) is 0. The van der Waals surface area contributed by atoms with Crippen molar-refractivity contribution < 1.29 is 22.7 Å². The summed E-state index contributed by atoms with van der Waals surface area (Å²) in [7, 11) is -3.75. The van der Waals surface area contributed by atoms with Gasteiger partial charge in [0, 0.05) is 39.3 Å². The second-order valence-electron chi connectivity index (χ2n) is 7.41. The minimum Gasteiger partial charge on any atom is -0.452 e. The maximum Gasteiger partial charge on any atom is 0.340 e. The molecule has 1 fully saturated rings. The van der Waals surface area contributed by atoms with Crippen molar-refractivity contribution in [2.75, 3.05) is 50.8 Å². The lowest BCUT2D eigenvalue weighted by Crippen LogP contribution is -2.35. The summed E-state index contributed by atoms with van der Waals surface area (Å²) >= 11 is 0. The Labute approximate surface area is 191 Å². The van der Waals surface area contributed by atoms with Crippen molar-refractivity contribution in [3.8, 4) is 0 Å². The predicted octanol–water partition coefficient (Wildman–Crippen LogP) is 2.67. The number of anilines is 1. The minimum atomic E-state index is -3.75. The van der Waals surface area contributed by atoms with Crippen LogP contribution in [0.15, 0.2) is 48.4 Å². The Kier molecular flexibility index (Phi) is 9.46. The number of carbonyl (C=O) groups excluding carboxylic acids is 2. The smallest absolute Gasteiger partial charge is 0.340 e. The van der Waals surface area contributed by atoms with Crippen LogP contribution >= 0.6 is 0 Å². The summed E-state index contributed by atoms with van der Waals surface area (Å²) in [6.07, 6.45) is 5.14. The molecule has 2 rings (SSSR count). The molecular weight excluding hydrogens is 430 g/mol. The molecule has 0 saturated carbocycles. The van der Waals surface area contributed by atoms with E-state index in [1.54, 1.807) is 32.1 Å². The van der Waals surface area contributed by atoms with Crippen molar-refractivity contribution in [3.63, 3.8) is 0 Å². The molecule has 0 atom stereocenters. The van der Waals surface area contributed by atoms with Crippen molar-refractivity contribution >= 4 is 27.6 Å². The zero-order chi connectivity index (χ0) is 23.7. The summed E-state index contributed by atoms with van der Waals surface area (Å²) in [5.74, 6) is -1.11. The Hall–Kier alpha value is -2.65. The first kappa shape index (κ1) is 25.6. The Morgan fingerprint density at radius 2 is 1.69 bits per heavy atom. The zero-order valence-corrected chi connectivity index (χ0v) is 19.8. The fourth-order valence-corrected chi connectivity index (χ4v) is 5.16. The van der Waals surface area contributed by atoms with Gasteiger partial charge in [0.15, 0.2) is 6.61 Å². The Morgan fingerprint density at radius 1 is 1.09 bits per heavy atom. The van der Waals surface area contributed by atoms with Gasteiger partial charge >= 0.3 is 5.97 Å². The lowest BCUT2D eigenvalue weighted by Gasteiger charge is -2.23. The molecular formula is C23H33N3O5S. The van der Waals surface area contributed by atoms with Crippen molar-refractivity contribution in [2.45, 2.75) is 31.6 Å². The van der Waals surface area contributed by atoms with Crippen molar-refractivity contribution in [1.82, 2.24) is 9.21 Å². The Bertz CT molecular complexity index is 925. The lowest BCUT2D eigenvalue weighted by atomic mass is 10.1. The molecule has 0 bridgehead atoms. The highest BCUT2D eigenvalue weighted by Gasteiger charge is 2.27. The fourth-order valence-electron chi connectivity index (χ4n) is 3.67. The molecule has 0 spiro atoms. The first-order chi connectivity index (χ1) is 15.3. The van der Waals surface area contributed by atoms with E-state index in [9.17, 15) is 18.0 Å². The van der Waals surface area contributed by atoms with E-state index >= 15 is 0 Å². The van der Waals surface area contributed by atoms with Crippen molar-refractivity contribution in [3.05, 3.63) is 49.1 Å². The first-order valence-corrected chi connectivity index (χ1v) is 12.3. The van der Waals surface area contributed by atoms with Crippen LogP contribution in [-0.2, 0) is 19.6 Å². The third kappa shape index (κ3) is 5.98. The van der Waals surface area contributed by atoms with Crippen LogP contribution in [0.3, 0.4) is 0 Å². The maximum absolute atomic E-state index is 13.0. The van der Waals surface area contributed by atoms with Gasteiger partial charge in [0.25, 0.3) is 5.91 Å². The summed E-state index contributed by atoms with van der Waals surface area (Å²) < 4.78 is 32.6. The van der Waals surface area contributed by atoms with Gasteiger partial charge in [-0.3, -0.25) is 4.79 Å². The zero-order valence-electron chi connectivity index (χ0n) is 19.0. The molecule has 1 aliphatic heterocycles. The number of sulfonamides is 1. The Morgan fingerprint density at radius 3 is 2.22 bits per heavy atom. The van der Waals surface area contributed by atoms with E-state index in [2.05, 4.69) is 13.2 Å². The van der Waals surface area contributed by atoms with Gasteiger partial charge < -0.3 is 14.5 Å². The first-order valence-electron chi connectivity index (χ1n) is 10.9. The van der Waals surface area contributed by atoms with Crippen molar-refractivity contribution in [1.29, 1.82) is 0 Å². The summed E-state index contributed by atoms with van der Waals surface area (Å²) in [4.78, 5) is 28.9. The van der Waals surface area contributed by atoms with E-state index in [1.807, 2.05) is 4.90 Å². The molecule has 0 aromatic heterocycles. The fraction of sp³-hybridized carbons (Fsp3) is 0.478. The van der Waals surface area contributed by atoms with E-state index < -0.39 is 22.6 Å². The number of esters is 1. The minimum absolute atomic E-state index is 0.0300. The second kappa shape index (κ2) is 11.8. The predicted molar refractivity (Wildman–Crippen MR) is 125 cm³/mol. The molecule has 1 heterocycles. The monoisotopic (exact) mass is 463 g/mol. The molecule has 32 heavy (non-hydrogen) atoms. The van der Waals surface area contributed by atoms with Gasteiger partial charge in [-0.1, -0.05) is 26.0 Å². The van der Waals surface area contributed by atoms with E-state index in [-0.39, 0.29) is 16.4 Å². The number of nitrogens with zero attached hydrogens (tertiary/aromatic N) is 3. The Balaban J connectivity index is 2.33. The van der Waals surface area contributed by atoms with Gasteiger partial charge in [-0.15, -0.1) is 13.2 Å². The quantitative estimate of drug-likeness (QED) is 0.350.